The largest absolute Gasteiger partial charge is 0.480 e. The van der Waals surface area contributed by atoms with E-state index in [-0.39, 0.29) is 54.1 Å². The number of imide groups is 2. The normalized spacial score (nSPS) is 14.7. The molecule has 0 aromatic heterocycles. The van der Waals surface area contributed by atoms with E-state index in [1.165, 1.54) is 4.90 Å². The molecule has 0 aromatic carbocycles. The smallest absolute Gasteiger partial charge is 0.318 e. The number of hydrogen-bond acceptors (Lipinski definition) is 15. The Morgan fingerprint density at radius 1 is 0.714 bits per heavy atom. The number of nitrogens with two attached hydrogens (primary N) is 1. The van der Waals surface area contributed by atoms with E-state index in [0.717, 1.165) is 28.4 Å². The molecule has 0 saturated carbocycles. The van der Waals surface area contributed by atoms with E-state index in [1.807, 2.05) is 0 Å². The minimum atomic E-state index is -4.01. The van der Waals surface area contributed by atoms with Gasteiger partial charge >= 0.3 is 17.9 Å². The summed E-state index contributed by atoms with van der Waals surface area (Å²) in [4.78, 5) is 87.4. The third kappa shape index (κ3) is 17.7. The Labute approximate surface area is 253 Å². The van der Waals surface area contributed by atoms with Crippen LogP contribution in [0.2, 0.25) is 0 Å². The maximum atomic E-state index is 11.3. The van der Waals surface area contributed by atoms with Gasteiger partial charge in [-0.2, -0.15) is 0 Å². The molecule has 2 fully saturated rings. The van der Waals surface area contributed by atoms with Crippen LogP contribution in [0.25, 0.3) is 0 Å². The van der Waals surface area contributed by atoms with E-state index < -0.39 is 71.7 Å². The fraction of sp³-hybridized carbons (Fsp3) is 0.556. The molecule has 24 heteroatoms. The first kappa shape index (κ1) is 41.1. The highest BCUT2D eigenvalue weighted by Crippen LogP contribution is 2.18. The molecule has 0 unspecified atom stereocenters. The number of carbonyl (C=O) groups excluding carboxylic acids is 5. The molecule has 0 spiro atoms. The summed E-state index contributed by atoms with van der Waals surface area (Å²) in [5, 5.41) is 26.0. The van der Waals surface area contributed by atoms with Crippen LogP contribution in [0.1, 0.15) is 0 Å². The summed E-state index contributed by atoms with van der Waals surface area (Å²) < 4.78 is 43.4. The molecule has 240 valence electrons. The Morgan fingerprint density at radius 2 is 1.07 bits per heavy atom. The summed E-state index contributed by atoms with van der Waals surface area (Å²) in [6, 6.07) is 0. The summed E-state index contributed by atoms with van der Waals surface area (Å²) >= 11 is 1.89. The lowest BCUT2D eigenvalue weighted by atomic mass is 10.5. The summed E-state index contributed by atoms with van der Waals surface area (Å²) in [6.07, 6.45) is 0. The molecular formula is C18H27ClN4O15S4. The molecule has 2 aliphatic rings. The van der Waals surface area contributed by atoms with Crippen molar-refractivity contribution in [3.05, 3.63) is 0 Å². The molecule has 0 bridgehead atoms. The maximum absolute atomic E-state index is 11.3. The predicted molar refractivity (Wildman–Crippen MR) is 149 cm³/mol. The van der Waals surface area contributed by atoms with E-state index in [2.05, 4.69) is 5.32 Å². The third-order valence-electron chi connectivity index (χ3n) is 4.07. The van der Waals surface area contributed by atoms with Crippen molar-refractivity contribution in [2.24, 2.45) is 5.73 Å². The van der Waals surface area contributed by atoms with E-state index in [9.17, 15) is 55.2 Å². The van der Waals surface area contributed by atoms with Gasteiger partial charge in [-0.3, -0.25) is 48.2 Å². The van der Waals surface area contributed by atoms with Crippen LogP contribution in [-0.2, 0) is 48.4 Å². The maximum Gasteiger partial charge on any atom is 0.318 e. The number of amides is 5. The standard InChI is InChI=1S/C9H12N2O7S2.C5H8N2O2S.C4H6O6S.ClH/c12-6(4-20(17,18)5-8(14)15)10-1-2-11-7(13)3-19-9(11)16;6-1-2-7-4(8)3-10-5(7)9;5-3(6)1-11(9,10)2-4(7)8;/h1-5H2,(H,10,12)(H,14,15);1-3,6H2;1-2H2,(H,5,6)(H,7,8);1H. The van der Waals surface area contributed by atoms with Crippen LogP contribution in [0.3, 0.4) is 0 Å². The average Bonchev–Trinajstić information content (AvgIpc) is 3.27. The molecule has 2 aliphatic heterocycles. The lowest BCUT2D eigenvalue weighted by Crippen LogP contribution is -2.39. The molecule has 19 nitrogen and oxygen atoms in total. The number of hydrogen-bond donors (Lipinski definition) is 5. The zero-order valence-electron chi connectivity index (χ0n) is 21.3. The van der Waals surface area contributed by atoms with Crippen molar-refractivity contribution in [2.45, 2.75) is 0 Å². The quantitative estimate of drug-likeness (QED) is 0.127. The number of carbonyl (C=O) groups is 8. The molecule has 2 heterocycles. The number of carboxylic acids is 3. The Kier molecular flexibility index (Phi) is 18.9. The van der Waals surface area contributed by atoms with Gasteiger partial charge in [0.05, 0.1) is 11.5 Å². The molecule has 0 aliphatic carbocycles. The highest BCUT2D eigenvalue weighted by atomic mass is 35.5. The number of nitrogens with zero attached hydrogens (tertiary/aromatic N) is 2. The number of rotatable bonds is 13. The van der Waals surface area contributed by atoms with Crippen molar-refractivity contribution in [1.29, 1.82) is 0 Å². The van der Waals surface area contributed by atoms with Gasteiger partial charge in [0.2, 0.25) is 17.7 Å². The van der Waals surface area contributed by atoms with E-state index in [1.54, 1.807) is 0 Å². The van der Waals surface area contributed by atoms with Crippen LogP contribution >= 0.6 is 35.9 Å². The first-order valence-corrected chi connectivity index (χ1v) is 16.4. The first-order chi connectivity index (χ1) is 18.8. The second-order valence-electron chi connectivity index (χ2n) is 7.58. The van der Waals surface area contributed by atoms with Crippen molar-refractivity contribution < 1.29 is 70.5 Å². The fourth-order valence-electron chi connectivity index (χ4n) is 2.55. The topological polar surface area (TPSA) is 310 Å². The highest BCUT2D eigenvalue weighted by Gasteiger charge is 2.30. The lowest BCUT2D eigenvalue weighted by molar-refractivity contribution is -0.135. The van der Waals surface area contributed by atoms with Crippen molar-refractivity contribution in [3.63, 3.8) is 0 Å². The van der Waals surface area contributed by atoms with E-state index >= 15 is 0 Å². The second kappa shape index (κ2) is 19.2. The molecule has 0 atom stereocenters. The van der Waals surface area contributed by atoms with Gasteiger partial charge in [0.1, 0.15) is 23.0 Å². The van der Waals surface area contributed by atoms with E-state index in [0.29, 0.717) is 13.1 Å². The molecule has 6 N–H and O–H groups in total. The van der Waals surface area contributed by atoms with Crippen LogP contribution in [0.15, 0.2) is 0 Å². The molecule has 0 radical (unpaired) electrons. The highest BCUT2D eigenvalue weighted by molar-refractivity contribution is 8.15. The Bertz CT molecular complexity index is 1220. The fourth-order valence-corrected chi connectivity index (χ4v) is 5.89. The van der Waals surface area contributed by atoms with Gasteiger partial charge in [-0.15, -0.1) is 12.4 Å². The number of nitrogens with one attached hydrogen (secondary N) is 1. The van der Waals surface area contributed by atoms with Crippen LogP contribution in [0.5, 0.6) is 0 Å². The van der Waals surface area contributed by atoms with Gasteiger partial charge in [-0.05, 0) is 0 Å². The van der Waals surface area contributed by atoms with Crippen LogP contribution in [0.4, 0.5) is 9.59 Å². The summed E-state index contributed by atoms with van der Waals surface area (Å²) in [5.41, 5.74) is 5.18. The molecule has 42 heavy (non-hydrogen) atoms. The predicted octanol–water partition coefficient (Wildman–Crippen LogP) is -3.07. The van der Waals surface area contributed by atoms with Gasteiger partial charge in [0.15, 0.2) is 19.7 Å². The minimum Gasteiger partial charge on any atom is -0.480 e. The van der Waals surface area contributed by atoms with Crippen LogP contribution in [-0.4, -0.2) is 149 Å². The molecule has 0 aromatic rings. The second-order valence-corrected chi connectivity index (χ2v) is 13.6. The number of thioether (sulfide) groups is 2. The monoisotopic (exact) mass is 702 g/mol. The Balaban J connectivity index is 0. The van der Waals surface area contributed by atoms with Crippen molar-refractivity contribution in [2.75, 3.05) is 60.7 Å². The summed E-state index contributed by atoms with van der Waals surface area (Å²) in [7, 11) is -7.99. The zero-order chi connectivity index (χ0) is 32.0. The van der Waals surface area contributed by atoms with Crippen LogP contribution in [0, 0.1) is 0 Å². The number of halogens is 1. The van der Waals surface area contributed by atoms with Crippen LogP contribution < -0.4 is 11.1 Å². The molecule has 2 rings (SSSR count). The minimum absolute atomic E-state index is 0. The number of carboxylic acid groups (broad SMARTS) is 3. The number of aliphatic carboxylic acids is 3. The zero-order valence-corrected chi connectivity index (χ0v) is 25.4. The molecular weight excluding hydrogens is 676 g/mol. The Hall–Kier alpha value is -2.99. The van der Waals surface area contributed by atoms with Crippen molar-refractivity contribution in [1.82, 2.24) is 15.1 Å². The van der Waals surface area contributed by atoms with Gasteiger partial charge in [-0.1, -0.05) is 23.5 Å². The summed E-state index contributed by atoms with van der Waals surface area (Å²) in [6.45, 7) is 0.567. The number of sulfone groups is 2. The van der Waals surface area contributed by atoms with Gasteiger partial charge in [0, 0.05) is 26.2 Å². The first-order valence-electron chi connectivity index (χ1n) is 10.8. The van der Waals surface area contributed by atoms with Gasteiger partial charge in [-0.25, -0.2) is 16.8 Å². The van der Waals surface area contributed by atoms with Crippen molar-refractivity contribution in [3.8, 4) is 0 Å². The Morgan fingerprint density at radius 3 is 1.38 bits per heavy atom. The average molecular weight is 703 g/mol. The SMILES string of the molecule is Cl.NCCN1C(=O)CSC1=O.O=C(O)CS(=O)(=O)CC(=O)NCCN1C(=O)CSC1=O.O=C(O)CS(=O)(=O)CC(=O)O. The molecule has 2 saturated heterocycles. The third-order valence-corrected chi connectivity index (χ3v) is 8.55. The lowest BCUT2D eigenvalue weighted by Gasteiger charge is -2.12. The van der Waals surface area contributed by atoms with Crippen molar-refractivity contribution >= 4 is 102 Å². The summed E-state index contributed by atoms with van der Waals surface area (Å²) in [5.74, 6) is -10.0. The van der Waals surface area contributed by atoms with Gasteiger partial charge < -0.3 is 26.4 Å². The van der Waals surface area contributed by atoms with Gasteiger partial charge in [0.25, 0.3) is 10.5 Å². The van der Waals surface area contributed by atoms with E-state index in [4.69, 9.17) is 21.1 Å². The molecule has 5 amide bonds.